The third-order valence-electron chi connectivity index (χ3n) is 3.27. The summed E-state index contributed by atoms with van der Waals surface area (Å²) in [4.78, 5) is 2.43. The zero-order chi connectivity index (χ0) is 10.7. The molecule has 1 saturated heterocycles. The Hall–Kier alpha value is -1.26. The topological polar surface area (TPSA) is 3.24 Å². The van der Waals surface area contributed by atoms with Crippen molar-refractivity contribution in [3.63, 3.8) is 0 Å². The number of benzene rings is 1. The molecule has 0 aromatic heterocycles. The lowest BCUT2D eigenvalue weighted by Gasteiger charge is -2.28. The Kier molecular flexibility index (Phi) is 3.08. The highest BCUT2D eigenvalue weighted by molar-refractivity contribution is 5.20. The average Bonchev–Trinajstić information content (AvgIpc) is 2.77. The van der Waals surface area contributed by atoms with Crippen LogP contribution in [0, 0.1) is 12.3 Å². The van der Waals surface area contributed by atoms with Crippen LogP contribution in [0.25, 0.3) is 0 Å². The monoisotopic (exact) mass is 199 g/mol. The minimum atomic E-state index is 0.334. The van der Waals surface area contributed by atoms with Crippen molar-refractivity contribution in [3.05, 3.63) is 35.9 Å². The molecule has 1 aromatic carbocycles. The first kappa shape index (κ1) is 10.3. The molecule has 0 radical (unpaired) electrons. The summed E-state index contributed by atoms with van der Waals surface area (Å²) in [5.74, 6) is 2.89. The van der Waals surface area contributed by atoms with Gasteiger partial charge < -0.3 is 0 Å². The minimum absolute atomic E-state index is 0.334. The van der Waals surface area contributed by atoms with Crippen molar-refractivity contribution in [2.75, 3.05) is 6.54 Å². The lowest BCUT2D eigenvalue weighted by atomic mass is 10.1. The van der Waals surface area contributed by atoms with Gasteiger partial charge in [-0.05, 0) is 25.3 Å². The molecule has 1 heterocycles. The summed E-state index contributed by atoms with van der Waals surface area (Å²) in [6.45, 7) is 3.37. The predicted octanol–water partition coefficient (Wildman–Crippen LogP) is 2.85. The molecule has 1 aliphatic rings. The Balaban J connectivity index is 2.15. The molecule has 0 saturated carbocycles. The Morgan fingerprint density at radius 3 is 2.80 bits per heavy atom. The lowest BCUT2D eigenvalue weighted by molar-refractivity contribution is 0.227. The Labute approximate surface area is 92.1 Å². The molecule has 15 heavy (non-hydrogen) atoms. The van der Waals surface area contributed by atoms with Crippen molar-refractivity contribution in [3.8, 4) is 12.3 Å². The van der Waals surface area contributed by atoms with Crippen LogP contribution < -0.4 is 0 Å². The van der Waals surface area contributed by atoms with E-state index in [1.54, 1.807) is 0 Å². The molecule has 1 aliphatic heterocycles. The first-order chi connectivity index (χ1) is 7.33. The molecule has 78 valence electrons. The molecule has 0 spiro atoms. The quantitative estimate of drug-likeness (QED) is 0.662. The van der Waals surface area contributed by atoms with Crippen LogP contribution in [0.4, 0.5) is 0 Å². The highest BCUT2D eigenvalue weighted by atomic mass is 15.2. The van der Waals surface area contributed by atoms with Crippen molar-refractivity contribution in [1.29, 1.82) is 0 Å². The number of hydrogen-bond donors (Lipinski definition) is 0. The van der Waals surface area contributed by atoms with Crippen LogP contribution in [-0.4, -0.2) is 17.5 Å². The Bertz CT molecular complexity index is 349. The van der Waals surface area contributed by atoms with Gasteiger partial charge in [-0.15, -0.1) is 6.42 Å². The zero-order valence-electron chi connectivity index (χ0n) is 9.19. The fourth-order valence-electron chi connectivity index (χ4n) is 2.35. The first-order valence-corrected chi connectivity index (χ1v) is 5.59. The maximum absolute atomic E-state index is 5.55. The van der Waals surface area contributed by atoms with Gasteiger partial charge in [-0.2, -0.15) is 0 Å². The Morgan fingerprint density at radius 2 is 2.13 bits per heavy atom. The van der Waals surface area contributed by atoms with E-state index in [4.69, 9.17) is 6.42 Å². The second-order valence-corrected chi connectivity index (χ2v) is 4.15. The van der Waals surface area contributed by atoms with Gasteiger partial charge in [0.05, 0.1) is 6.04 Å². The van der Waals surface area contributed by atoms with E-state index in [1.807, 2.05) is 0 Å². The third-order valence-corrected chi connectivity index (χ3v) is 3.27. The molecule has 2 rings (SSSR count). The summed E-state index contributed by atoms with van der Waals surface area (Å²) in [6, 6.07) is 11.4. The van der Waals surface area contributed by atoms with Crippen molar-refractivity contribution in [1.82, 2.24) is 4.90 Å². The zero-order valence-corrected chi connectivity index (χ0v) is 9.19. The first-order valence-electron chi connectivity index (χ1n) is 5.59. The van der Waals surface area contributed by atoms with E-state index in [-0.39, 0.29) is 0 Å². The van der Waals surface area contributed by atoms with Crippen LogP contribution in [0.2, 0.25) is 0 Å². The molecule has 2 atom stereocenters. The van der Waals surface area contributed by atoms with Crippen LogP contribution in [0.5, 0.6) is 0 Å². The molecular formula is C14H17N. The highest BCUT2D eigenvalue weighted by Crippen LogP contribution is 2.28. The maximum Gasteiger partial charge on any atom is 0.0717 e. The van der Waals surface area contributed by atoms with E-state index in [2.05, 4.69) is 48.1 Å². The second-order valence-electron chi connectivity index (χ2n) is 4.15. The van der Waals surface area contributed by atoms with Crippen LogP contribution in [0.3, 0.4) is 0 Å². The molecule has 0 amide bonds. The molecule has 1 heteroatoms. The van der Waals surface area contributed by atoms with E-state index in [1.165, 1.54) is 12.0 Å². The molecule has 0 bridgehead atoms. The fraction of sp³-hybridized carbons (Fsp3) is 0.429. The van der Waals surface area contributed by atoms with Gasteiger partial charge in [0.2, 0.25) is 0 Å². The smallest absolute Gasteiger partial charge is 0.0717 e. The number of nitrogens with zero attached hydrogens (tertiary/aromatic N) is 1. The van der Waals surface area contributed by atoms with Crippen LogP contribution in [0.1, 0.15) is 31.4 Å². The SMILES string of the molecule is C#CC1CCCN1[C@H](C)c1ccccc1. The van der Waals surface area contributed by atoms with Crippen molar-refractivity contribution in [2.24, 2.45) is 0 Å². The summed E-state index contributed by atoms with van der Waals surface area (Å²) in [6.07, 6.45) is 7.92. The van der Waals surface area contributed by atoms with Crippen LogP contribution in [0.15, 0.2) is 30.3 Å². The van der Waals surface area contributed by atoms with Gasteiger partial charge >= 0.3 is 0 Å². The fourth-order valence-corrected chi connectivity index (χ4v) is 2.35. The summed E-state index contributed by atoms with van der Waals surface area (Å²) in [5.41, 5.74) is 1.36. The van der Waals surface area contributed by atoms with Crippen LogP contribution >= 0.6 is 0 Å². The van der Waals surface area contributed by atoms with Gasteiger partial charge in [-0.25, -0.2) is 0 Å². The highest BCUT2D eigenvalue weighted by Gasteiger charge is 2.27. The third kappa shape index (κ3) is 2.06. The second kappa shape index (κ2) is 4.51. The van der Waals surface area contributed by atoms with E-state index < -0.39 is 0 Å². The van der Waals surface area contributed by atoms with Crippen molar-refractivity contribution in [2.45, 2.75) is 31.8 Å². The molecular weight excluding hydrogens is 182 g/mol. The molecule has 0 N–H and O–H groups in total. The summed E-state index contributed by atoms with van der Waals surface area (Å²) in [5, 5.41) is 0. The number of hydrogen-bond acceptors (Lipinski definition) is 1. The Morgan fingerprint density at radius 1 is 1.40 bits per heavy atom. The van der Waals surface area contributed by atoms with Crippen LogP contribution in [-0.2, 0) is 0 Å². The summed E-state index contributed by atoms with van der Waals surface area (Å²) in [7, 11) is 0. The van der Waals surface area contributed by atoms with E-state index >= 15 is 0 Å². The van der Waals surface area contributed by atoms with Crippen molar-refractivity contribution < 1.29 is 0 Å². The molecule has 1 unspecified atom stereocenters. The normalized spacial score (nSPS) is 23.6. The standard InChI is InChI=1S/C14H17N/c1-3-14-10-7-11-15(14)12(2)13-8-5-4-6-9-13/h1,4-6,8-9,12,14H,7,10-11H2,2H3/t12-,14?/m1/s1. The minimum Gasteiger partial charge on any atom is -0.283 e. The maximum atomic E-state index is 5.55. The number of terminal acetylenes is 1. The number of rotatable bonds is 2. The largest absolute Gasteiger partial charge is 0.283 e. The molecule has 1 nitrogen and oxygen atoms in total. The van der Waals surface area contributed by atoms with Gasteiger partial charge in [-0.3, -0.25) is 4.90 Å². The van der Waals surface area contributed by atoms with E-state index in [9.17, 15) is 0 Å². The lowest BCUT2D eigenvalue weighted by Crippen LogP contribution is -2.30. The molecule has 0 aliphatic carbocycles. The summed E-state index contributed by atoms with van der Waals surface area (Å²) < 4.78 is 0. The van der Waals surface area contributed by atoms with E-state index in [0.29, 0.717) is 12.1 Å². The molecule has 1 aromatic rings. The van der Waals surface area contributed by atoms with Gasteiger partial charge in [0.25, 0.3) is 0 Å². The molecule has 1 fully saturated rings. The number of likely N-dealkylation sites (tertiary alicyclic amines) is 1. The summed E-state index contributed by atoms with van der Waals surface area (Å²) >= 11 is 0. The van der Waals surface area contributed by atoms with Gasteiger partial charge in [0, 0.05) is 12.6 Å². The predicted molar refractivity (Wildman–Crippen MR) is 63.4 cm³/mol. The van der Waals surface area contributed by atoms with Gasteiger partial charge in [0.1, 0.15) is 0 Å². The van der Waals surface area contributed by atoms with Crippen molar-refractivity contribution >= 4 is 0 Å². The van der Waals surface area contributed by atoms with E-state index in [0.717, 1.165) is 13.0 Å². The average molecular weight is 199 g/mol. The van der Waals surface area contributed by atoms with Gasteiger partial charge in [0.15, 0.2) is 0 Å². The van der Waals surface area contributed by atoms with Gasteiger partial charge in [-0.1, -0.05) is 36.3 Å².